The van der Waals surface area contributed by atoms with E-state index in [2.05, 4.69) is 29.2 Å². The molecule has 3 aromatic rings. The molecule has 4 rings (SSSR count). The molecule has 25 heavy (non-hydrogen) atoms. The third-order valence-electron chi connectivity index (χ3n) is 4.42. The summed E-state index contributed by atoms with van der Waals surface area (Å²) in [7, 11) is 0. The highest BCUT2D eigenvalue weighted by molar-refractivity contribution is 5.41. The lowest BCUT2D eigenvalue weighted by Crippen LogP contribution is -2.21. The van der Waals surface area contributed by atoms with Crippen molar-refractivity contribution in [3.63, 3.8) is 0 Å². The van der Waals surface area contributed by atoms with E-state index >= 15 is 0 Å². The fraction of sp³-hybridized carbons (Fsp3) is 0.190. The number of pyridine rings is 1. The maximum absolute atomic E-state index is 6.34. The van der Waals surface area contributed by atoms with Crippen molar-refractivity contribution in [1.29, 1.82) is 0 Å². The van der Waals surface area contributed by atoms with Gasteiger partial charge in [-0.1, -0.05) is 42.5 Å². The van der Waals surface area contributed by atoms with Gasteiger partial charge in [0, 0.05) is 18.4 Å². The zero-order chi connectivity index (χ0) is 17.1. The van der Waals surface area contributed by atoms with Crippen molar-refractivity contribution in [2.24, 2.45) is 5.73 Å². The highest BCUT2D eigenvalue weighted by atomic mass is 16.6. The molecule has 2 aromatic carbocycles. The third kappa shape index (κ3) is 3.49. The zero-order valence-electron chi connectivity index (χ0n) is 13.8. The van der Waals surface area contributed by atoms with Gasteiger partial charge in [0.15, 0.2) is 17.6 Å². The van der Waals surface area contributed by atoms with Crippen molar-refractivity contribution >= 4 is 0 Å². The van der Waals surface area contributed by atoms with Crippen LogP contribution in [0.5, 0.6) is 11.5 Å². The Morgan fingerprint density at radius 3 is 2.56 bits per heavy atom. The lowest BCUT2D eigenvalue weighted by molar-refractivity contribution is 0.0913. The molecular formula is C21H20N2O2. The lowest BCUT2D eigenvalue weighted by Gasteiger charge is -2.27. The Bertz CT molecular complexity index is 834. The van der Waals surface area contributed by atoms with Crippen LogP contribution in [0.1, 0.15) is 28.8 Å². The van der Waals surface area contributed by atoms with Gasteiger partial charge in [-0.2, -0.15) is 0 Å². The van der Waals surface area contributed by atoms with Gasteiger partial charge in [-0.3, -0.25) is 4.98 Å². The molecule has 0 fully saturated rings. The van der Waals surface area contributed by atoms with Gasteiger partial charge in [-0.05, 0) is 41.3 Å². The maximum Gasteiger partial charge on any atom is 0.162 e. The van der Waals surface area contributed by atoms with Crippen LogP contribution in [0.3, 0.4) is 0 Å². The molecule has 1 aliphatic heterocycles. The van der Waals surface area contributed by atoms with E-state index in [9.17, 15) is 0 Å². The van der Waals surface area contributed by atoms with Crippen LogP contribution in [0, 0.1) is 0 Å². The first-order valence-corrected chi connectivity index (χ1v) is 8.42. The molecule has 0 spiro atoms. The molecule has 0 saturated heterocycles. The van der Waals surface area contributed by atoms with E-state index < -0.39 is 0 Å². The summed E-state index contributed by atoms with van der Waals surface area (Å²) in [5, 5.41) is 0. The Balaban J connectivity index is 1.45. The number of aromatic nitrogens is 1. The van der Waals surface area contributed by atoms with E-state index in [4.69, 9.17) is 15.2 Å². The smallest absolute Gasteiger partial charge is 0.162 e. The maximum atomic E-state index is 6.34. The molecule has 4 nitrogen and oxygen atoms in total. The summed E-state index contributed by atoms with van der Waals surface area (Å²) in [5.74, 6) is 1.59. The van der Waals surface area contributed by atoms with E-state index in [0.717, 1.165) is 34.6 Å². The second-order valence-corrected chi connectivity index (χ2v) is 6.20. The molecule has 2 heterocycles. The summed E-state index contributed by atoms with van der Waals surface area (Å²) in [4.78, 5) is 4.14. The highest BCUT2D eigenvalue weighted by Gasteiger charge is 2.22. The van der Waals surface area contributed by atoms with Crippen LogP contribution in [0.25, 0.3) is 0 Å². The number of ether oxygens (including phenoxy) is 2. The van der Waals surface area contributed by atoms with Gasteiger partial charge < -0.3 is 15.2 Å². The first kappa shape index (κ1) is 15.7. The number of rotatable bonds is 4. The Morgan fingerprint density at radius 1 is 1.00 bits per heavy atom. The van der Waals surface area contributed by atoms with E-state index in [1.165, 1.54) is 0 Å². The van der Waals surface area contributed by atoms with E-state index in [1.54, 1.807) is 6.20 Å². The number of nitrogens with zero attached hydrogens (tertiary/aromatic N) is 1. The van der Waals surface area contributed by atoms with E-state index in [-0.39, 0.29) is 12.1 Å². The Hall–Kier alpha value is -2.85. The summed E-state index contributed by atoms with van der Waals surface area (Å²) in [6.45, 7) is 0.512. The Kier molecular flexibility index (Phi) is 4.36. The van der Waals surface area contributed by atoms with Gasteiger partial charge in [-0.15, -0.1) is 0 Å². The monoisotopic (exact) mass is 332 g/mol. The van der Waals surface area contributed by atoms with Crippen molar-refractivity contribution in [2.45, 2.75) is 18.6 Å². The van der Waals surface area contributed by atoms with Crippen LogP contribution >= 0.6 is 0 Å². The molecule has 0 amide bonds. The predicted molar refractivity (Wildman–Crippen MR) is 96.6 cm³/mol. The highest BCUT2D eigenvalue weighted by Crippen LogP contribution is 2.36. The summed E-state index contributed by atoms with van der Waals surface area (Å²) in [6.07, 6.45) is 4.30. The Labute approximate surface area is 147 Å². The van der Waals surface area contributed by atoms with Gasteiger partial charge in [0.2, 0.25) is 0 Å². The number of para-hydroxylation sites is 2. The molecule has 0 aliphatic carbocycles. The number of nitrogens with two attached hydrogens (primary N) is 1. The average Bonchev–Trinajstić information content (AvgIpc) is 2.68. The van der Waals surface area contributed by atoms with Crippen molar-refractivity contribution < 1.29 is 9.47 Å². The lowest BCUT2D eigenvalue weighted by atomic mass is 9.98. The zero-order valence-corrected chi connectivity index (χ0v) is 13.8. The number of hydrogen-bond acceptors (Lipinski definition) is 4. The molecule has 0 saturated carbocycles. The molecule has 0 radical (unpaired) electrons. The molecule has 1 aromatic heterocycles. The molecule has 126 valence electrons. The van der Waals surface area contributed by atoms with Crippen molar-refractivity contribution in [2.75, 3.05) is 6.61 Å². The van der Waals surface area contributed by atoms with Crippen molar-refractivity contribution in [1.82, 2.24) is 4.98 Å². The van der Waals surface area contributed by atoms with Gasteiger partial charge in [0.1, 0.15) is 6.61 Å². The molecule has 4 heteroatoms. The number of fused-ring (bicyclic) bond motifs is 1. The largest absolute Gasteiger partial charge is 0.485 e. The topological polar surface area (TPSA) is 57.4 Å². The molecule has 2 atom stereocenters. The van der Waals surface area contributed by atoms with Gasteiger partial charge in [0.25, 0.3) is 0 Å². The van der Waals surface area contributed by atoms with Crippen molar-refractivity contribution in [3.05, 3.63) is 89.7 Å². The minimum absolute atomic E-state index is 0.0532. The van der Waals surface area contributed by atoms with Crippen LogP contribution in [-0.2, 0) is 6.42 Å². The van der Waals surface area contributed by atoms with Crippen LogP contribution in [0.4, 0.5) is 0 Å². The fourth-order valence-electron chi connectivity index (χ4n) is 3.03. The first-order chi connectivity index (χ1) is 12.3. The van der Waals surface area contributed by atoms with Crippen LogP contribution in [0.2, 0.25) is 0 Å². The predicted octanol–water partition coefficient (Wildman–Crippen LogP) is 3.84. The quantitative estimate of drug-likeness (QED) is 0.789. The average molecular weight is 332 g/mol. The van der Waals surface area contributed by atoms with Crippen LogP contribution < -0.4 is 15.2 Å². The SMILES string of the molecule is NC(Cc1cccnc1)c1ccc(C2COc3ccccc3O2)cc1. The second-order valence-electron chi connectivity index (χ2n) is 6.20. The minimum atomic E-state index is -0.0986. The van der Waals surface area contributed by atoms with Crippen LogP contribution in [-0.4, -0.2) is 11.6 Å². The molecule has 1 aliphatic rings. The molecular weight excluding hydrogens is 312 g/mol. The summed E-state index contributed by atoms with van der Waals surface area (Å²) in [5.41, 5.74) is 9.66. The molecule has 2 unspecified atom stereocenters. The molecule has 0 bridgehead atoms. The van der Waals surface area contributed by atoms with Crippen LogP contribution in [0.15, 0.2) is 73.1 Å². The minimum Gasteiger partial charge on any atom is -0.485 e. The van der Waals surface area contributed by atoms with E-state index in [0.29, 0.717) is 6.61 Å². The van der Waals surface area contributed by atoms with Gasteiger partial charge in [0.05, 0.1) is 0 Å². The Morgan fingerprint density at radius 2 is 1.80 bits per heavy atom. The van der Waals surface area contributed by atoms with Gasteiger partial charge >= 0.3 is 0 Å². The summed E-state index contributed by atoms with van der Waals surface area (Å²) < 4.78 is 11.8. The van der Waals surface area contributed by atoms with Gasteiger partial charge in [-0.25, -0.2) is 0 Å². The van der Waals surface area contributed by atoms with E-state index in [1.807, 2.05) is 42.6 Å². The fourth-order valence-corrected chi connectivity index (χ4v) is 3.03. The normalized spacial score (nSPS) is 17.1. The molecule has 2 N–H and O–H groups in total. The first-order valence-electron chi connectivity index (χ1n) is 8.42. The summed E-state index contributed by atoms with van der Waals surface area (Å²) in [6, 6.07) is 20.0. The van der Waals surface area contributed by atoms with Crippen molar-refractivity contribution in [3.8, 4) is 11.5 Å². The number of hydrogen-bond donors (Lipinski definition) is 1. The number of benzene rings is 2. The second kappa shape index (κ2) is 6.95. The standard InChI is InChI=1S/C21H20N2O2/c22-18(12-15-4-3-11-23-13-15)16-7-9-17(10-8-16)21-14-24-19-5-1-2-6-20(19)25-21/h1-11,13,18,21H,12,14,22H2. The summed E-state index contributed by atoms with van der Waals surface area (Å²) >= 11 is 0. The third-order valence-corrected chi connectivity index (χ3v) is 4.42.